The third-order valence-corrected chi connectivity index (χ3v) is 16.1. The maximum atomic E-state index is 14.4. The van der Waals surface area contributed by atoms with Gasteiger partial charge < -0.3 is 28.5 Å². The Morgan fingerprint density at radius 3 is 1.63 bits per heavy atom. The number of rotatable bonds is 17. The second-order valence-electron chi connectivity index (χ2n) is 16.4. The van der Waals surface area contributed by atoms with E-state index in [2.05, 4.69) is 45.0 Å². The average Bonchev–Trinajstić information content (AvgIpc) is 3.54. The minimum Gasteiger partial charge on any atom is -0.404 e. The summed E-state index contributed by atoms with van der Waals surface area (Å²) in [4.78, 5) is 27.9. The molecule has 5 aromatic carbocycles. The Kier molecular flexibility index (Phi) is 13.6. The van der Waals surface area contributed by atoms with Crippen LogP contribution in [0.4, 0.5) is 0 Å². The smallest absolute Gasteiger partial charge is 0.335 e. The minimum absolute atomic E-state index is 0.0549. The molecule has 1 aromatic heterocycles. The summed E-state index contributed by atoms with van der Waals surface area (Å²) in [5, 5.41) is 14.3. The molecule has 0 spiro atoms. The lowest BCUT2D eigenvalue weighted by molar-refractivity contribution is -0.173. The molecule has 2 heterocycles. The molecular weight excluding hydrogens is 773 g/mol. The van der Waals surface area contributed by atoms with Crippen molar-refractivity contribution in [2.24, 2.45) is 0 Å². The fraction of sp³-hybridized carbons (Fsp3) is 0.306. The zero-order chi connectivity index (χ0) is 42.2. The van der Waals surface area contributed by atoms with Gasteiger partial charge in [0.25, 0.3) is 13.9 Å². The predicted octanol–water partition coefficient (Wildman–Crippen LogP) is 6.50. The highest BCUT2D eigenvalue weighted by atomic mass is 28.4. The molecule has 4 atom stereocenters. The molecule has 0 unspecified atom stereocenters. The fourth-order valence-corrected chi connectivity index (χ4v) is 12.8. The number of aliphatic hydroxyl groups is 1. The first-order chi connectivity index (χ1) is 29.0. The SMILES string of the molecule is Cc1cn([C@@H]2O[C@@](COCc3ccccc3)(CO[Si](c3ccccc3)(c3ccccc3)C(C)(C)C)[C@@H](OCc3ccccc3)[C@H]2O)c(=O)n(COCc2ccccc2)c1=O. The van der Waals surface area contributed by atoms with Crippen LogP contribution >= 0.6 is 0 Å². The first-order valence-corrected chi connectivity index (χ1v) is 22.3. The molecule has 1 aliphatic heterocycles. The van der Waals surface area contributed by atoms with Gasteiger partial charge in [0.1, 0.15) is 24.5 Å². The number of hydrogen-bond acceptors (Lipinski definition) is 8. The highest BCUT2D eigenvalue weighted by Gasteiger charge is 2.60. The van der Waals surface area contributed by atoms with Crippen LogP contribution in [-0.2, 0) is 49.9 Å². The van der Waals surface area contributed by atoms with Gasteiger partial charge >= 0.3 is 5.69 Å². The van der Waals surface area contributed by atoms with E-state index in [0.717, 1.165) is 31.6 Å². The fourth-order valence-electron chi connectivity index (χ4n) is 8.14. The first kappa shape index (κ1) is 42.9. The Morgan fingerprint density at radius 2 is 1.13 bits per heavy atom. The van der Waals surface area contributed by atoms with Crippen molar-refractivity contribution < 1.29 is 28.5 Å². The van der Waals surface area contributed by atoms with Crippen molar-refractivity contribution in [2.75, 3.05) is 13.2 Å². The molecule has 0 aliphatic carbocycles. The van der Waals surface area contributed by atoms with Crippen molar-refractivity contribution in [3.8, 4) is 0 Å². The summed E-state index contributed by atoms with van der Waals surface area (Å²) >= 11 is 0. The lowest BCUT2D eigenvalue weighted by Crippen LogP contribution is -2.68. The molecule has 6 aromatic rings. The van der Waals surface area contributed by atoms with E-state index in [1.165, 1.54) is 10.8 Å². The molecule has 0 bridgehead atoms. The van der Waals surface area contributed by atoms with Gasteiger partial charge in [-0.1, -0.05) is 172 Å². The van der Waals surface area contributed by atoms with E-state index < -0.39 is 43.6 Å². The minimum atomic E-state index is -3.19. The van der Waals surface area contributed by atoms with E-state index >= 15 is 0 Å². The molecule has 1 N–H and O–H groups in total. The second kappa shape index (κ2) is 19.0. The summed E-state index contributed by atoms with van der Waals surface area (Å²) < 4.78 is 36.1. The molecule has 60 heavy (non-hydrogen) atoms. The third kappa shape index (κ3) is 9.23. The monoisotopic (exact) mass is 826 g/mol. The van der Waals surface area contributed by atoms with Crippen LogP contribution in [-0.4, -0.2) is 53.6 Å². The van der Waals surface area contributed by atoms with Crippen molar-refractivity contribution >= 4 is 18.7 Å². The molecule has 11 heteroatoms. The lowest BCUT2D eigenvalue weighted by Gasteiger charge is -2.45. The Morgan fingerprint density at radius 1 is 0.667 bits per heavy atom. The molecule has 312 valence electrons. The van der Waals surface area contributed by atoms with Gasteiger partial charge in [-0.05, 0) is 39.0 Å². The number of aromatic nitrogens is 2. The Hall–Kier alpha value is -5.24. The molecule has 0 radical (unpaired) electrons. The molecule has 10 nitrogen and oxygen atoms in total. The summed E-state index contributed by atoms with van der Waals surface area (Å²) in [6.07, 6.45) is -2.31. The van der Waals surface area contributed by atoms with Crippen LogP contribution in [0.1, 0.15) is 49.3 Å². The van der Waals surface area contributed by atoms with Crippen LogP contribution < -0.4 is 21.6 Å². The molecular formula is C49H54N2O8Si. The largest absolute Gasteiger partial charge is 0.404 e. The van der Waals surface area contributed by atoms with E-state index in [0.29, 0.717) is 0 Å². The van der Waals surface area contributed by atoms with Gasteiger partial charge in [-0.2, -0.15) is 0 Å². The molecule has 1 saturated heterocycles. The van der Waals surface area contributed by atoms with Gasteiger partial charge in [0.05, 0.1) is 33.0 Å². The summed E-state index contributed by atoms with van der Waals surface area (Å²) in [5.74, 6) is 0. The maximum absolute atomic E-state index is 14.4. The summed E-state index contributed by atoms with van der Waals surface area (Å²) in [7, 11) is -3.19. The number of aryl methyl sites for hydroxylation is 1. The Labute approximate surface area is 352 Å². The number of aliphatic hydroxyl groups excluding tert-OH is 1. The van der Waals surface area contributed by atoms with E-state index in [4.69, 9.17) is 23.4 Å². The number of nitrogens with zero attached hydrogens (tertiary/aromatic N) is 2. The summed E-state index contributed by atoms with van der Waals surface area (Å²) in [5.41, 5.74) is 0.354. The first-order valence-electron chi connectivity index (χ1n) is 20.3. The molecule has 1 fully saturated rings. The average molecular weight is 827 g/mol. The van der Waals surface area contributed by atoms with Gasteiger partial charge in [0.15, 0.2) is 6.23 Å². The van der Waals surface area contributed by atoms with E-state index in [1.54, 1.807) is 6.92 Å². The normalized spacial score (nSPS) is 19.4. The van der Waals surface area contributed by atoms with Crippen molar-refractivity contribution in [3.05, 3.63) is 201 Å². The van der Waals surface area contributed by atoms with Crippen LogP contribution in [0.25, 0.3) is 0 Å². The van der Waals surface area contributed by atoms with Crippen LogP contribution in [0.3, 0.4) is 0 Å². The van der Waals surface area contributed by atoms with E-state index in [9.17, 15) is 14.7 Å². The zero-order valence-corrected chi connectivity index (χ0v) is 35.7. The van der Waals surface area contributed by atoms with Crippen molar-refractivity contribution in [2.45, 2.75) is 83.3 Å². The van der Waals surface area contributed by atoms with Crippen molar-refractivity contribution in [1.82, 2.24) is 9.13 Å². The van der Waals surface area contributed by atoms with Gasteiger partial charge in [-0.3, -0.25) is 9.36 Å². The molecule has 7 rings (SSSR count). The van der Waals surface area contributed by atoms with Gasteiger partial charge in [-0.15, -0.1) is 0 Å². The Bertz CT molecular complexity index is 2350. The van der Waals surface area contributed by atoms with Crippen molar-refractivity contribution in [1.29, 1.82) is 0 Å². The highest BCUT2D eigenvalue weighted by Crippen LogP contribution is 2.43. The van der Waals surface area contributed by atoms with Crippen LogP contribution in [0.2, 0.25) is 5.04 Å². The Balaban J connectivity index is 1.32. The summed E-state index contributed by atoms with van der Waals surface area (Å²) in [6, 6.07) is 49.6. The standard InChI is InChI=1S/C49H54N2O8Si/c1-37-30-50(47(54)51(45(37)53)36-56-32-39-22-12-6-13-23-39)46-43(52)44(57-33-40-24-14-7-15-25-40)49(59-46,34-55-31-38-20-10-5-11-21-38)35-58-60(48(2,3)4,41-26-16-8-17-27-41)42-28-18-9-19-29-42/h5-30,43-44,46,52H,31-36H2,1-4H3/t43-,44+,46-,49+/m1/s1. The molecule has 1 aliphatic rings. The third-order valence-electron chi connectivity index (χ3n) is 11.1. The number of benzene rings is 5. The highest BCUT2D eigenvalue weighted by molar-refractivity contribution is 6.99. The second-order valence-corrected chi connectivity index (χ2v) is 20.7. The molecule has 0 saturated carbocycles. The van der Waals surface area contributed by atoms with E-state index in [-0.39, 0.29) is 50.4 Å². The van der Waals surface area contributed by atoms with Gasteiger partial charge in [0, 0.05) is 11.8 Å². The van der Waals surface area contributed by atoms with Crippen LogP contribution in [0, 0.1) is 6.92 Å². The van der Waals surface area contributed by atoms with Gasteiger partial charge in [-0.25, -0.2) is 9.36 Å². The van der Waals surface area contributed by atoms with Crippen molar-refractivity contribution in [3.63, 3.8) is 0 Å². The number of hydrogen-bond donors (Lipinski definition) is 1. The zero-order valence-electron chi connectivity index (χ0n) is 34.7. The topological polar surface area (TPSA) is 110 Å². The van der Waals surface area contributed by atoms with Crippen LogP contribution in [0.15, 0.2) is 167 Å². The van der Waals surface area contributed by atoms with Crippen LogP contribution in [0.5, 0.6) is 0 Å². The summed E-state index contributed by atoms with van der Waals surface area (Å²) in [6.45, 7) is 8.38. The quantitative estimate of drug-likeness (QED) is 0.104. The maximum Gasteiger partial charge on any atom is 0.335 e. The predicted molar refractivity (Wildman–Crippen MR) is 234 cm³/mol. The molecule has 0 amide bonds. The lowest BCUT2D eigenvalue weighted by atomic mass is 9.96. The number of ether oxygens (including phenoxy) is 4. The van der Waals surface area contributed by atoms with E-state index in [1.807, 2.05) is 127 Å². The van der Waals surface area contributed by atoms with Gasteiger partial charge in [0.2, 0.25) is 0 Å².